The summed E-state index contributed by atoms with van der Waals surface area (Å²) in [4.78, 5) is 20.7. The quantitative estimate of drug-likeness (QED) is 0.800. The van der Waals surface area contributed by atoms with Crippen LogP contribution in [0.4, 0.5) is 0 Å². The number of rotatable bonds is 4. The molecule has 7 heteroatoms. The Balaban J connectivity index is 1.77. The molecule has 0 bridgehead atoms. The van der Waals surface area contributed by atoms with Gasteiger partial charge in [-0.3, -0.25) is 14.8 Å². The third-order valence-electron chi connectivity index (χ3n) is 2.98. The molecule has 0 fully saturated rings. The number of nitrogens with zero attached hydrogens (tertiary/aromatic N) is 3. The van der Waals surface area contributed by atoms with E-state index in [1.54, 1.807) is 30.7 Å². The van der Waals surface area contributed by atoms with Crippen LogP contribution in [0, 0.1) is 6.92 Å². The van der Waals surface area contributed by atoms with Crippen LogP contribution < -0.4 is 5.32 Å². The molecule has 0 saturated carbocycles. The number of aromatic nitrogens is 3. The second kappa shape index (κ2) is 5.84. The van der Waals surface area contributed by atoms with Gasteiger partial charge in [0.2, 0.25) is 0 Å². The van der Waals surface area contributed by atoms with Crippen LogP contribution in [0.3, 0.4) is 0 Å². The molecule has 21 heavy (non-hydrogen) atoms. The van der Waals surface area contributed by atoms with Crippen LogP contribution in [0.25, 0.3) is 11.3 Å². The fourth-order valence-corrected chi connectivity index (χ4v) is 2.55. The first kappa shape index (κ1) is 13.4. The molecule has 0 aliphatic heterocycles. The molecule has 0 spiro atoms. The Kier molecular flexibility index (Phi) is 3.74. The Morgan fingerprint density at radius 3 is 2.95 bits per heavy atom. The molecule has 0 atom stereocenters. The van der Waals surface area contributed by atoms with E-state index in [4.69, 9.17) is 4.52 Å². The van der Waals surface area contributed by atoms with Gasteiger partial charge in [-0.1, -0.05) is 5.16 Å². The lowest BCUT2D eigenvalue weighted by Crippen LogP contribution is -2.24. The summed E-state index contributed by atoms with van der Waals surface area (Å²) in [5.41, 5.74) is 2.92. The van der Waals surface area contributed by atoms with Crippen molar-refractivity contribution < 1.29 is 9.32 Å². The van der Waals surface area contributed by atoms with E-state index >= 15 is 0 Å². The molecule has 1 amide bonds. The van der Waals surface area contributed by atoms with E-state index in [9.17, 15) is 4.79 Å². The summed E-state index contributed by atoms with van der Waals surface area (Å²) in [5, 5.41) is 10.4. The maximum atomic E-state index is 12.0. The van der Waals surface area contributed by atoms with Crippen LogP contribution in [-0.4, -0.2) is 21.0 Å². The number of hydrogen-bond acceptors (Lipinski definition) is 6. The number of aryl methyl sites for hydroxylation is 1. The Morgan fingerprint density at radius 1 is 1.38 bits per heavy atom. The van der Waals surface area contributed by atoms with Gasteiger partial charge in [0.15, 0.2) is 0 Å². The van der Waals surface area contributed by atoms with Gasteiger partial charge in [0.05, 0.1) is 24.1 Å². The molecule has 0 saturated heterocycles. The van der Waals surface area contributed by atoms with Crippen molar-refractivity contribution in [3.63, 3.8) is 0 Å². The number of carbonyl (C=O) groups is 1. The van der Waals surface area contributed by atoms with Gasteiger partial charge in [0.1, 0.15) is 11.3 Å². The average Bonchev–Trinajstić information content (AvgIpc) is 3.16. The maximum Gasteiger partial charge on any atom is 0.256 e. The summed E-state index contributed by atoms with van der Waals surface area (Å²) in [7, 11) is 0. The minimum absolute atomic E-state index is 0.240. The molecule has 0 aliphatic carbocycles. The van der Waals surface area contributed by atoms with Crippen LogP contribution in [0.15, 0.2) is 39.9 Å². The molecule has 3 rings (SSSR count). The SMILES string of the molecule is Cc1oncc1C(=O)NCc1nccnc1-c1ccsc1. The van der Waals surface area contributed by atoms with Gasteiger partial charge in [-0.2, -0.15) is 11.3 Å². The monoisotopic (exact) mass is 300 g/mol. The number of amides is 1. The molecule has 6 nitrogen and oxygen atoms in total. The fourth-order valence-electron chi connectivity index (χ4n) is 1.91. The van der Waals surface area contributed by atoms with Crippen LogP contribution in [0.2, 0.25) is 0 Å². The van der Waals surface area contributed by atoms with Gasteiger partial charge in [-0.25, -0.2) is 0 Å². The Morgan fingerprint density at radius 2 is 2.24 bits per heavy atom. The highest BCUT2D eigenvalue weighted by Crippen LogP contribution is 2.22. The Hall–Kier alpha value is -2.54. The van der Waals surface area contributed by atoms with Crippen LogP contribution in [0.5, 0.6) is 0 Å². The maximum absolute atomic E-state index is 12.0. The van der Waals surface area contributed by atoms with E-state index < -0.39 is 0 Å². The first-order valence-electron chi connectivity index (χ1n) is 6.27. The minimum Gasteiger partial charge on any atom is -0.361 e. The molecule has 0 radical (unpaired) electrons. The van der Waals surface area contributed by atoms with Gasteiger partial charge in [0.25, 0.3) is 5.91 Å². The van der Waals surface area contributed by atoms with Gasteiger partial charge >= 0.3 is 0 Å². The smallest absolute Gasteiger partial charge is 0.256 e. The summed E-state index contributed by atoms with van der Waals surface area (Å²) < 4.78 is 4.88. The van der Waals surface area contributed by atoms with E-state index in [0.717, 1.165) is 17.0 Å². The highest BCUT2D eigenvalue weighted by molar-refractivity contribution is 7.08. The lowest BCUT2D eigenvalue weighted by Gasteiger charge is -2.07. The summed E-state index contributed by atoms with van der Waals surface area (Å²) >= 11 is 1.59. The largest absolute Gasteiger partial charge is 0.361 e. The van der Waals surface area contributed by atoms with Crippen molar-refractivity contribution in [2.75, 3.05) is 0 Å². The van der Waals surface area contributed by atoms with Crippen molar-refractivity contribution in [2.45, 2.75) is 13.5 Å². The lowest BCUT2D eigenvalue weighted by molar-refractivity contribution is 0.0949. The molecule has 3 aromatic heterocycles. The number of hydrogen-bond donors (Lipinski definition) is 1. The highest BCUT2D eigenvalue weighted by Gasteiger charge is 2.14. The van der Waals surface area contributed by atoms with Crippen molar-refractivity contribution in [1.29, 1.82) is 0 Å². The molecular formula is C14H12N4O2S. The molecule has 3 heterocycles. The summed E-state index contributed by atoms with van der Waals surface area (Å²) in [6.45, 7) is 1.99. The molecule has 0 aliphatic rings. The van der Waals surface area contributed by atoms with Crippen molar-refractivity contribution in [3.8, 4) is 11.3 Å². The summed E-state index contributed by atoms with van der Waals surface area (Å²) in [6.07, 6.45) is 4.66. The van der Waals surface area contributed by atoms with Crippen LogP contribution >= 0.6 is 11.3 Å². The van der Waals surface area contributed by atoms with E-state index in [2.05, 4.69) is 20.4 Å². The van der Waals surface area contributed by atoms with Crippen LogP contribution in [0.1, 0.15) is 21.8 Å². The average molecular weight is 300 g/mol. The van der Waals surface area contributed by atoms with Gasteiger partial charge < -0.3 is 9.84 Å². The number of thiophene rings is 1. The Bertz CT molecular complexity index is 752. The standard InChI is InChI=1S/C14H12N4O2S/c1-9-11(6-18-20-9)14(19)17-7-12-13(16-4-3-15-12)10-2-5-21-8-10/h2-6,8H,7H2,1H3,(H,17,19). The van der Waals surface area contributed by atoms with E-state index in [0.29, 0.717) is 17.9 Å². The zero-order valence-corrected chi connectivity index (χ0v) is 12.1. The van der Waals surface area contributed by atoms with Crippen molar-refractivity contribution in [3.05, 3.63) is 52.4 Å². The third kappa shape index (κ3) is 2.82. The second-order valence-electron chi connectivity index (χ2n) is 4.34. The second-order valence-corrected chi connectivity index (χ2v) is 5.12. The molecule has 3 aromatic rings. The predicted molar refractivity (Wildman–Crippen MR) is 77.8 cm³/mol. The van der Waals surface area contributed by atoms with Gasteiger partial charge in [0, 0.05) is 23.3 Å². The molecule has 0 unspecified atom stereocenters. The summed E-state index contributed by atoms with van der Waals surface area (Å²) in [6, 6.07) is 1.98. The van der Waals surface area contributed by atoms with E-state index in [1.165, 1.54) is 6.20 Å². The minimum atomic E-state index is -0.240. The van der Waals surface area contributed by atoms with Crippen molar-refractivity contribution >= 4 is 17.2 Å². The number of nitrogens with one attached hydrogen (secondary N) is 1. The third-order valence-corrected chi connectivity index (χ3v) is 3.66. The summed E-state index contributed by atoms with van der Waals surface area (Å²) in [5.74, 6) is 0.250. The zero-order valence-electron chi connectivity index (χ0n) is 11.2. The molecule has 106 valence electrons. The first-order valence-corrected chi connectivity index (χ1v) is 7.22. The van der Waals surface area contributed by atoms with E-state index in [-0.39, 0.29) is 5.91 Å². The molecule has 0 aromatic carbocycles. The lowest BCUT2D eigenvalue weighted by atomic mass is 10.2. The van der Waals surface area contributed by atoms with Crippen molar-refractivity contribution in [2.24, 2.45) is 0 Å². The van der Waals surface area contributed by atoms with Gasteiger partial charge in [-0.15, -0.1) is 0 Å². The zero-order chi connectivity index (χ0) is 14.7. The topological polar surface area (TPSA) is 80.9 Å². The fraction of sp³-hybridized carbons (Fsp3) is 0.143. The van der Waals surface area contributed by atoms with E-state index in [1.807, 2.05) is 16.8 Å². The predicted octanol–water partition coefficient (Wildman–Crippen LogP) is 2.43. The normalized spacial score (nSPS) is 10.5. The van der Waals surface area contributed by atoms with Gasteiger partial charge in [-0.05, 0) is 18.4 Å². The first-order chi connectivity index (χ1) is 10.3. The molecule has 1 N–H and O–H groups in total. The van der Waals surface area contributed by atoms with Crippen LogP contribution in [-0.2, 0) is 6.54 Å². The molecular weight excluding hydrogens is 288 g/mol. The Labute approximate surface area is 124 Å². The highest BCUT2D eigenvalue weighted by atomic mass is 32.1. The number of carbonyl (C=O) groups excluding carboxylic acids is 1. The van der Waals surface area contributed by atoms with Crippen molar-refractivity contribution in [1.82, 2.24) is 20.4 Å².